The van der Waals surface area contributed by atoms with Crippen LogP contribution in [0, 0.1) is 18.6 Å². The molecule has 0 N–H and O–H groups in total. The van der Waals surface area contributed by atoms with Crippen LogP contribution in [-0.2, 0) is 13.0 Å². The van der Waals surface area contributed by atoms with Gasteiger partial charge >= 0.3 is 0 Å². The fourth-order valence-electron chi connectivity index (χ4n) is 2.38. The Morgan fingerprint density at radius 1 is 1.29 bits per heavy atom. The lowest BCUT2D eigenvalue weighted by Gasteiger charge is -2.07. The number of fused-ring (bicyclic) bond motifs is 1. The highest BCUT2D eigenvalue weighted by Crippen LogP contribution is 2.24. The third-order valence-electron chi connectivity index (χ3n) is 3.28. The molecule has 0 radical (unpaired) electrons. The van der Waals surface area contributed by atoms with E-state index in [0.29, 0.717) is 30.2 Å². The van der Waals surface area contributed by atoms with E-state index in [9.17, 15) is 8.78 Å². The number of aromatic nitrogens is 2. The Morgan fingerprint density at radius 3 is 2.76 bits per heavy atom. The van der Waals surface area contributed by atoms with Crippen molar-refractivity contribution in [2.75, 3.05) is 5.88 Å². The van der Waals surface area contributed by atoms with Crippen LogP contribution < -0.4 is 0 Å². The summed E-state index contributed by atoms with van der Waals surface area (Å²) in [4.78, 5) is 6.61. The van der Waals surface area contributed by atoms with Gasteiger partial charge in [0.1, 0.15) is 17.2 Å². The lowest BCUT2D eigenvalue weighted by atomic mass is 10.3. The second-order valence-corrected chi connectivity index (χ2v) is 6.57. The summed E-state index contributed by atoms with van der Waals surface area (Å²) in [5.74, 6) is -0.171. The van der Waals surface area contributed by atoms with Gasteiger partial charge in [-0.1, -0.05) is 0 Å². The first-order valence-electron chi connectivity index (χ1n) is 6.54. The maximum Gasteiger partial charge on any atom is 0.153 e. The Bertz CT molecular complexity index is 794. The molecule has 0 spiro atoms. The minimum atomic E-state index is -0.637. The number of imidazole rings is 1. The summed E-state index contributed by atoms with van der Waals surface area (Å²) in [7, 11) is 0. The number of aryl methyl sites for hydroxylation is 2. The van der Waals surface area contributed by atoms with E-state index in [0.717, 1.165) is 10.9 Å². The summed E-state index contributed by atoms with van der Waals surface area (Å²) >= 11 is 7.46. The molecule has 2 heterocycles. The molecule has 0 aliphatic carbocycles. The lowest BCUT2D eigenvalue weighted by molar-refractivity contribution is 0.590. The van der Waals surface area contributed by atoms with Gasteiger partial charge in [0, 0.05) is 28.1 Å². The number of benzene rings is 1. The van der Waals surface area contributed by atoms with E-state index in [1.165, 1.54) is 10.9 Å². The van der Waals surface area contributed by atoms with Crippen molar-refractivity contribution in [3.05, 3.63) is 51.5 Å². The first-order valence-corrected chi connectivity index (χ1v) is 7.89. The summed E-state index contributed by atoms with van der Waals surface area (Å²) in [5.41, 5.74) is 0.670. The fourth-order valence-corrected chi connectivity index (χ4v) is 3.42. The van der Waals surface area contributed by atoms with Crippen LogP contribution in [0.5, 0.6) is 0 Å². The molecule has 0 unspecified atom stereocenters. The molecule has 6 heteroatoms. The first-order chi connectivity index (χ1) is 10.1. The zero-order valence-corrected chi connectivity index (χ0v) is 12.9. The van der Waals surface area contributed by atoms with E-state index < -0.39 is 11.6 Å². The van der Waals surface area contributed by atoms with Crippen molar-refractivity contribution >= 4 is 34.0 Å². The number of rotatable bonds is 4. The van der Waals surface area contributed by atoms with Gasteiger partial charge < -0.3 is 4.57 Å². The van der Waals surface area contributed by atoms with Crippen LogP contribution in [0.25, 0.3) is 11.0 Å². The van der Waals surface area contributed by atoms with E-state index >= 15 is 0 Å². The van der Waals surface area contributed by atoms with Gasteiger partial charge in [0.15, 0.2) is 5.82 Å². The Balaban J connectivity index is 2.15. The number of alkyl halides is 1. The third-order valence-corrected chi connectivity index (χ3v) is 4.45. The molecule has 3 rings (SSSR count). The molecule has 0 saturated carbocycles. The number of nitrogens with zero attached hydrogens (tertiary/aromatic N) is 2. The van der Waals surface area contributed by atoms with Crippen LogP contribution in [0.4, 0.5) is 8.78 Å². The van der Waals surface area contributed by atoms with Crippen LogP contribution in [-0.4, -0.2) is 15.4 Å². The molecule has 1 aromatic carbocycles. The minimum absolute atomic E-state index is 0.199. The lowest BCUT2D eigenvalue weighted by Crippen LogP contribution is -2.05. The molecular formula is C15H13ClF2N2S. The molecule has 3 aromatic rings. The van der Waals surface area contributed by atoms with Gasteiger partial charge in [-0.3, -0.25) is 0 Å². The van der Waals surface area contributed by atoms with E-state index in [2.05, 4.69) is 4.98 Å². The first kappa shape index (κ1) is 14.5. The Morgan fingerprint density at radius 2 is 2.10 bits per heavy atom. The summed E-state index contributed by atoms with van der Waals surface area (Å²) in [5, 5.41) is 0. The monoisotopic (exact) mass is 326 g/mol. The van der Waals surface area contributed by atoms with Crippen molar-refractivity contribution in [3.8, 4) is 0 Å². The topological polar surface area (TPSA) is 17.8 Å². The average Bonchev–Trinajstić information content (AvgIpc) is 2.97. The molecule has 0 aliphatic heterocycles. The maximum absolute atomic E-state index is 13.9. The van der Waals surface area contributed by atoms with Crippen LogP contribution in [0.2, 0.25) is 0 Å². The number of hydrogen-bond acceptors (Lipinski definition) is 2. The molecule has 2 aromatic heterocycles. The Kier molecular flexibility index (Phi) is 3.95. The molecule has 0 fully saturated rings. The fraction of sp³-hybridized carbons (Fsp3) is 0.267. The van der Waals surface area contributed by atoms with Crippen molar-refractivity contribution < 1.29 is 8.78 Å². The summed E-state index contributed by atoms with van der Waals surface area (Å²) in [6.45, 7) is 2.57. The van der Waals surface area contributed by atoms with Gasteiger partial charge in [0.25, 0.3) is 0 Å². The maximum atomic E-state index is 13.9. The van der Waals surface area contributed by atoms with Crippen molar-refractivity contribution in [2.24, 2.45) is 0 Å². The van der Waals surface area contributed by atoms with Crippen molar-refractivity contribution in [1.82, 2.24) is 9.55 Å². The van der Waals surface area contributed by atoms with Crippen LogP contribution in [0.1, 0.15) is 15.6 Å². The van der Waals surface area contributed by atoms with E-state index in [1.54, 1.807) is 11.3 Å². The van der Waals surface area contributed by atoms with Gasteiger partial charge in [0.2, 0.25) is 0 Å². The summed E-state index contributed by atoms with van der Waals surface area (Å²) in [6.07, 6.45) is 0.516. The van der Waals surface area contributed by atoms with Gasteiger partial charge in [-0.15, -0.1) is 22.9 Å². The second kappa shape index (κ2) is 5.73. The largest absolute Gasteiger partial charge is 0.322 e. The van der Waals surface area contributed by atoms with Crippen LogP contribution >= 0.6 is 22.9 Å². The number of halogens is 3. The number of thiophene rings is 1. The molecule has 0 bridgehead atoms. The molecule has 0 aliphatic rings. The molecular weight excluding hydrogens is 314 g/mol. The molecule has 0 saturated heterocycles. The third kappa shape index (κ3) is 2.80. The molecule has 110 valence electrons. The molecule has 0 amide bonds. The highest BCUT2D eigenvalue weighted by Gasteiger charge is 2.16. The standard InChI is InChI=1S/C15H13ClF2N2S/c1-9-2-3-11(21-9)8-20-13-7-10(17)6-12(18)15(13)19-14(20)4-5-16/h2-3,6-7H,4-5,8H2,1H3. The SMILES string of the molecule is Cc1ccc(Cn2c(CCCl)nc3c(F)cc(F)cc32)s1. The minimum Gasteiger partial charge on any atom is -0.322 e. The summed E-state index contributed by atoms with van der Waals surface area (Å²) in [6, 6.07) is 6.23. The highest BCUT2D eigenvalue weighted by molar-refractivity contribution is 7.11. The normalized spacial score (nSPS) is 11.4. The van der Waals surface area contributed by atoms with Crippen LogP contribution in [0.3, 0.4) is 0 Å². The Hall–Kier alpha value is -1.46. The predicted molar refractivity (Wildman–Crippen MR) is 82.2 cm³/mol. The van der Waals surface area contributed by atoms with Crippen LogP contribution in [0.15, 0.2) is 24.3 Å². The Labute approximate surface area is 130 Å². The predicted octanol–water partition coefficient (Wildman–Crippen LogP) is 4.51. The van der Waals surface area contributed by atoms with Gasteiger partial charge in [-0.2, -0.15) is 0 Å². The zero-order valence-electron chi connectivity index (χ0n) is 11.4. The zero-order chi connectivity index (χ0) is 15.0. The van der Waals surface area contributed by atoms with Crippen molar-refractivity contribution in [2.45, 2.75) is 19.9 Å². The van der Waals surface area contributed by atoms with Gasteiger partial charge in [-0.05, 0) is 25.1 Å². The van der Waals surface area contributed by atoms with E-state index in [1.807, 2.05) is 23.6 Å². The van der Waals surface area contributed by atoms with Gasteiger partial charge in [0.05, 0.1) is 12.1 Å². The summed E-state index contributed by atoms with van der Waals surface area (Å²) < 4.78 is 29.2. The van der Waals surface area contributed by atoms with E-state index in [4.69, 9.17) is 11.6 Å². The molecule has 21 heavy (non-hydrogen) atoms. The highest BCUT2D eigenvalue weighted by atomic mass is 35.5. The second-order valence-electron chi connectivity index (χ2n) is 4.82. The van der Waals surface area contributed by atoms with Crippen molar-refractivity contribution in [3.63, 3.8) is 0 Å². The van der Waals surface area contributed by atoms with E-state index in [-0.39, 0.29) is 5.52 Å². The molecule has 2 nitrogen and oxygen atoms in total. The average molecular weight is 327 g/mol. The quantitative estimate of drug-likeness (QED) is 0.645. The smallest absolute Gasteiger partial charge is 0.153 e. The molecule has 0 atom stereocenters. The van der Waals surface area contributed by atoms with Crippen molar-refractivity contribution in [1.29, 1.82) is 0 Å². The van der Waals surface area contributed by atoms with Gasteiger partial charge in [-0.25, -0.2) is 13.8 Å². The number of hydrogen-bond donors (Lipinski definition) is 0.